The molecule has 58 heavy (non-hydrogen) atoms. The van der Waals surface area contributed by atoms with E-state index >= 15 is 0 Å². The van der Waals surface area contributed by atoms with Gasteiger partial charge in [-0.25, -0.2) is 0 Å². The Labute approximate surface area is 360 Å². The van der Waals surface area contributed by atoms with Crippen molar-refractivity contribution in [3.05, 3.63) is 12.2 Å². The van der Waals surface area contributed by atoms with Crippen molar-refractivity contribution in [2.24, 2.45) is 0 Å². The molecule has 342 valence electrons. The Balaban J connectivity index is 4.32. The molecule has 0 N–H and O–H groups in total. The molecule has 0 aliphatic carbocycles. The highest BCUT2D eigenvalue weighted by Gasteiger charge is 2.19. The van der Waals surface area contributed by atoms with Crippen molar-refractivity contribution >= 4 is 17.9 Å². The zero-order chi connectivity index (χ0) is 42.3. The zero-order valence-corrected chi connectivity index (χ0v) is 39.1. The Kier molecular flexibility index (Phi) is 46.3. The largest absolute Gasteiger partial charge is 0.462 e. The first-order valence-corrected chi connectivity index (χ1v) is 25.7. The van der Waals surface area contributed by atoms with Crippen molar-refractivity contribution < 1.29 is 28.6 Å². The van der Waals surface area contributed by atoms with Crippen LogP contribution in [0.1, 0.15) is 284 Å². The number of ether oxygens (including phenoxy) is 3. The smallest absolute Gasteiger partial charge is 0.306 e. The van der Waals surface area contributed by atoms with Gasteiger partial charge in [0.25, 0.3) is 0 Å². The standard InChI is InChI=1S/C52H98O6/c1-4-7-10-13-16-19-22-24-25-26-28-30-33-36-39-42-45-51(54)57-48-49(47-56-50(53)44-41-38-35-32-29-21-18-15-12-9-6-3)58-52(55)46-43-40-37-34-31-27-23-20-17-14-11-8-5-2/h25-26,49H,4-24,27-48H2,1-3H3/b26-25-/t49-/m1/s1. The third kappa shape index (κ3) is 45.2. The van der Waals surface area contributed by atoms with Gasteiger partial charge in [-0.3, -0.25) is 14.4 Å². The lowest BCUT2D eigenvalue weighted by Gasteiger charge is -2.18. The minimum atomic E-state index is -0.765. The van der Waals surface area contributed by atoms with Gasteiger partial charge in [-0.1, -0.05) is 232 Å². The molecular weight excluding hydrogens is 721 g/mol. The number of hydrogen-bond donors (Lipinski definition) is 0. The highest BCUT2D eigenvalue weighted by molar-refractivity contribution is 5.71. The topological polar surface area (TPSA) is 78.9 Å². The molecule has 1 atom stereocenters. The maximum Gasteiger partial charge on any atom is 0.306 e. The molecule has 0 aromatic heterocycles. The quantitative estimate of drug-likeness (QED) is 0.0263. The minimum Gasteiger partial charge on any atom is -0.462 e. The average molecular weight is 819 g/mol. The van der Waals surface area contributed by atoms with Gasteiger partial charge in [0.05, 0.1) is 0 Å². The Bertz CT molecular complexity index is 900. The molecule has 0 aliphatic heterocycles. The fourth-order valence-electron chi connectivity index (χ4n) is 7.61. The molecule has 0 aromatic carbocycles. The lowest BCUT2D eigenvalue weighted by Crippen LogP contribution is -2.30. The highest BCUT2D eigenvalue weighted by atomic mass is 16.6. The summed E-state index contributed by atoms with van der Waals surface area (Å²) in [5.41, 5.74) is 0. The number of carbonyl (C=O) groups excluding carboxylic acids is 3. The van der Waals surface area contributed by atoms with Gasteiger partial charge in [0.1, 0.15) is 13.2 Å². The van der Waals surface area contributed by atoms with E-state index in [0.29, 0.717) is 19.3 Å². The molecule has 0 rings (SSSR count). The summed E-state index contributed by atoms with van der Waals surface area (Å²) in [6.45, 7) is 6.65. The molecule has 0 aliphatic rings. The lowest BCUT2D eigenvalue weighted by atomic mass is 10.0. The second kappa shape index (κ2) is 47.8. The lowest BCUT2D eigenvalue weighted by molar-refractivity contribution is -0.167. The van der Waals surface area contributed by atoms with Crippen LogP contribution in [0.3, 0.4) is 0 Å². The zero-order valence-electron chi connectivity index (χ0n) is 39.1. The molecule has 0 spiro atoms. The van der Waals surface area contributed by atoms with E-state index in [0.717, 1.165) is 64.2 Å². The number of carbonyl (C=O) groups is 3. The predicted octanol–water partition coefficient (Wildman–Crippen LogP) is 16.6. The van der Waals surface area contributed by atoms with Crippen LogP contribution in [-0.2, 0) is 28.6 Å². The molecule has 0 saturated heterocycles. The summed E-state index contributed by atoms with van der Waals surface area (Å²) in [5, 5.41) is 0. The van der Waals surface area contributed by atoms with Gasteiger partial charge in [-0.15, -0.1) is 0 Å². The molecular formula is C52H98O6. The average Bonchev–Trinajstić information content (AvgIpc) is 3.22. The van der Waals surface area contributed by atoms with Gasteiger partial charge in [0, 0.05) is 19.3 Å². The van der Waals surface area contributed by atoms with E-state index in [2.05, 4.69) is 32.9 Å². The van der Waals surface area contributed by atoms with Crippen molar-refractivity contribution in [1.29, 1.82) is 0 Å². The van der Waals surface area contributed by atoms with E-state index < -0.39 is 6.10 Å². The number of esters is 3. The predicted molar refractivity (Wildman–Crippen MR) is 247 cm³/mol. The van der Waals surface area contributed by atoms with Crippen LogP contribution in [0.2, 0.25) is 0 Å². The SMILES string of the molecule is CCCCCCCCC/C=C\CCCCCCCC(=O)OC[C@@H](COC(=O)CCCCCCCCCCCCC)OC(=O)CCCCCCCCCCCCCCC. The van der Waals surface area contributed by atoms with Crippen LogP contribution in [-0.4, -0.2) is 37.2 Å². The number of hydrogen-bond acceptors (Lipinski definition) is 6. The summed E-state index contributed by atoms with van der Waals surface area (Å²) in [5.74, 6) is -0.861. The number of allylic oxidation sites excluding steroid dienone is 2. The van der Waals surface area contributed by atoms with Gasteiger partial charge in [0.2, 0.25) is 0 Å². The minimum absolute atomic E-state index is 0.0675. The Hall–Kier alpha value is -1.85. The Morgan fingerprint density at radius 1 is 0.328 bits per heavy atom. The van der Waals surface area contributed by atoms with E-state index in [1.165, 1.54) is 180 Å². The highest BCUT2D eigenvalue weighted by Crippen LogP contribution is 2.16. The molecule has 0 heterocycles. The third-order valence-electron chi connectivity index (χ3n) is 11.5. The summed E-state index contributed by atoms with van der Waals surface area (Å²) in [6.07, 6.45) is 51.9. The van der Waals surface area contributed by atoms with Crippen LogP contribution in [0.4, 0.5) is 0 Å². The molecule has 0 radical (unpaired) electrons. The van der Waals surface area contributed by atoms with E-state index in [9.17, 15) is 14.4 Å². The number of rotatable bonds is 47. The molecule has 6 heteroatoms. The molecule has 0 aromatic rings. The van der Waals surface area contributed by atoms with Crippen molar-refractivity contribution in [2.45, 2.75) is 290 Å². The normalized spacial score (nSPS) is 12.0. The first-order chi connectivity index (χ1) is 28.5. The Morgan fingerprint density at radius 2 is 0.569 bits per heavy atom. The van der Waals surface area contributed by atoms with Crippen molar-refractivity contribution in [3.8, 4) is 0 Å². The molecule has 0 unspecified atom stereocenters. The van der Waals surface area contributed by atoms with E-state index in [1.807, 2.05) is 0 Å². The maximum absolute atomic E-state index is 12.8. The fraction of sp³-hybridized carbons (Fsp3) is 0.904. The van der Waals surface area contributed by atoms with Crippen LogP contribution >= 0.6 is 0 Å². The molecule has 0 saturated carbocycles. The molecule has 0 fully saturated rings. The molecule has 0 bridgehead atoms. The second-order valence-electron chi connectivity index (χ2n) is 17.4. The van der Waals surface area contributed by atoms with E-state index in [-0.39, 0.29) is 31.1 Å². The van der Waals surface area contributed by atoms with Crippen LogP contribution < -0.4 is 0 Å². The van der Waals surface area contributed by atoms with E-state index in [1.54, 1.807) is 0 Å². The van der Waals surface area contributed by atoms with Crippen LogP contribution in [0, 0.1) is 0 Å². The van der Waals surface area contributed by atoms with Crippen molar-refractivity contribution in [3.63, 3.8) is 0 Å². The Morgan fingerprint density at radius 3 is 0.862 bits per heavy atom. The van der Waals surface area contributed by atoms with Crippen LogP contribution in [0.15, 0.2) is 12.2 Å². The van der Waals surface area contributed by atoms with Crippen molar-refractivity contribution in [1.82, 2.24) is 0 Å². The van der Waals surface area contributed by atoms with Gasteiger partial charge in [-0.05, 0) is 44.9 Å². The van der Waals surface area contributed by atoms with Gasteiger partial charge in [-0.2, -0.15) is 0 Å². The molecule has 6 nitrogen and oxygen atoms in total. The van der Waals surface area contributed by atoms with Gasteiger partial charge < -0.3 is 14.2 Å². The summed E-state index contributed by atoms with van der Waals surface area (Å²) in [6, 6.07) is 0. The van der Waals surface area contributed by atoms with E-state index in [4.69, 9.17) is 14.2 Å². The van der Waals surface area contributed by atoms with Gasteiger partial charge >= 0.3 is 17.9 Å². The van der Waals surface area contributed by atoms with Crippen molar-refractivity contribution in [2.75, 3.05) is 13.2 Å². The van der Waals surface area contributed by atoms with Crippen LogP contribution in [0.5, 0.6) is 0 Å². The first kappa shape index (κ1) is 56.1. The van der Waals surface area contributed by atoms with Gasteiger partial charge in [0.15, 0.2) is 6.10 Å². The van der Waals surface area contributed by atoms with Crippen LogP contribution in [0.25, 0.3) is 0 Å². The fourth-order valence-corrected chi connectivity index (χ4v) is 7.61. The first-order valence-electron chi connectivity index (χ1n) is 25.7. The molecule has 0 amide bonds. The summed E-state index contributed by atoms with van der Waals surface area (Å²) >= 11 is 0. The summed E-state index contributed by atoms with van der Waals surface area (Å²) in [7, 11) is 0. The third-order valence-corrected chi connectivity index (χ3v) is 11.5. The second-order valence-corrected chi connectivity index (χ2v) is 17.4. The monoisotopic (exact) mass is 819 g/mol. The number of unbranched alkanes of at least 4 members (excludes halogenated alkanes) is 34. The maximum atomic E-state index is 12.8. The summed E-state index contributed by atoms with van der Waals surface area (Å²) < 4.78 is 16.8. The summed E-state index contributed by atoms with van der Waals surface area (Å²) in [4.78, 5) is 37.9.